The number of hydrogen-bond donors (Lipinski definition) is 3. The van der Waals surface area contributed by atoms with Crippen LogP contribution in [0.2, 0.25) is 0 Å². The Hall–Kier alpha value is -2.42. The molecule has 2 aromatic carbocycles. The van der Waals surface area contributed by atoms with Gasteiger partial charge >= 0.3 is 0 Å². The van der Waals surface area contributed by atoms with Crippen molar-refractivity contribution in [2.75, 3.05) is 29.8 Å². The maximum absolute atomic E-state index is 12.7. The number of anilines is 2. The van der Waals surface area contributed by atoms with Crippen molar-refractivity contribution in [3.63, 3.8) is 0 Å². The lowest BCUT2D eigenvalue weighted by atomic mass is 10.2. The summed E-state index contributed by atoms with van der Waals surface area (Å²) in [5.41, 5.74) is 1.48. The van der Waals surface area contributed by atoms with Crippen LogP contribution in [0.25, 0.3) is 0 Å². The molecule has 0 radical (unpaired) electrons. The molecular weight excluding hydrogens is 354 g/mol. The summed E-state index contributed by atoms with van der Waals surface area (Å²) in [5, 5.41) is 5.80. The van der Waals surface area contributed by atoms with Gasteiger partial charge in [0.05, 0.1) is 18.1 Å². The van der Waals surface area contributed by atoms with Crippen molar-refractivity contribution in [2.45, 2.75) is 17.9 Å². The summed E-state index contributed by atoms with van der Waals surface area (Å²) < 4.78 is 33.2. The van der Waals surface area contributed by atoms with Crippen molar-refractivity contribution < 1.29 is 17.9 Å². The number of carbonyl (C=O) groups is 1. The van der Waals surface area contributed by atoms with Crippen LogP contribution >= 0.6 is 0 Å². The largest absolute Gasteiger partial charge is 0.378 e. The SMILES string of the molecule is Cc1ccc(NC(=O)C2COCCN2)cc1S(=O)(=O)Nc1ccccc1. The fourth-order valence-corrected chi connectivity index (χ4v) is 3.98. The standard InChI is InChI=1S/C18H21N3O4S/c1-13-7-8-15(20-18(22)16-12-25-10-9-19-16)11-17(13)26(23,24)21-14-5-3-2-4-6-14/h2-8,11,16,19,21H,9-10,12H2,1H3,(H,20,22). The van der Waals surface area contributed by atoms with Crippen LogP contribution < -0.4 is 15.4 Å². The van der Waals surface area contributed by atoms with E-state index < -0.39 is 16.1 Å². The molecule has 0 bridgehead atoms. The first-order chi connectivity index (χ1) is 12.5. The first-order valence-electron chi connectivity index (χ1n) is 8.26. The van der Waals surface area contributed by atoms with Gasteiger partial charge in [0, 0.05) is 17.9 Å². The van der Waals surface area contributed by atoms with E-state index in [4.69, 9.17) is 4.74 Å². The predicted octanol–water partition coefficient (Wildman–Crippen LogP) is 1.72. The minimum atomic E-state index is -3.77. The average molecular weight is 375 g/mol. The van der Waals surface area contributed by atoms with Crippen molar-refractivity contribution in [1.82, 2.24) is 5.32 Å². The van der Waals surface area contributed by atoms with Crippen molar-refractivity contribution in [2.24, 2.45) is 0 Å². The second kappa shape index (κ2) is 7.86. The minimum absolute atomic E-state index is 0.118. The Morgan fingerprint density at radius 1 is 1.15 bits per heavy atom. The summed E-state index contributed by atoms with van der Waals surface area (Å²) in [4.78, 5) is 12.4. The van der Waals surface area contributed by atoms with E-state index in [9.17, 15) is 13.2 Å². The summed E-state index contributed by atoms with van der Waals surface area (Å²) in [6.07, 6.45) is 0. The second-order valence-electron chi connectivity index (χ2n) is 6.02. The highest BCUT2D eigenvalue weighted by Gasteiger charge is 2.22. The Labute approximate surface area is 152 Å². The fourth-order valence-electron chi connectivity index (χ4n) is 2.65. The molecule has 3 rings (SSSR count). The fraction of sp³-hybridized carbons (Fsp3) is 0.278. The Balaban J connectivity index is 1.79. The zero-order chi connectivity index (χ0) is 18.6. The lowest BCUT2D eigenvalue weighted by Gasteiger charge is -2.23. The molecule has 2 aromatic rings. The highest BCUT2D eigenvalue weighted by molar-refractivity contribution is 7.92. The van der Waals surface area contributed by atoms with Gasteiger partial charge < -0.3 is 15.4 Å². The van der Waals surface area contributed by atoms with E-state index in [1.165, 1.54) is 6.07 Å². The first-order valence-corrected chi connectivity index (χ1v) is 9.74. The number of aryl methyl sites for hydroxylation is 1. The highest BCUT2D eigenvalue weighted by atomic mass is 32.2. The topological polar surface area (TPSA) is 96.5 Å². The Kier molecular flexibility index (Phi) is 5.55. The van der Waals surface area contributed by atoms with Gasteiger partial charge in [-0.15, -0.1) is 0 Å². The van der Waals surface area contributed by atoms with Crippen LogP contribution in [0.3, 0.4) is 0 Å². The molecule has 0 aliphatic carbocycles. The van der Waals surface area contributed by atoms with Crippen LogP contribution in [0.1, 0.15) is 5.56 Å². The smallest absolute Gasteiger partial charge is 0.262 e. The third-order valence-corrected chi connectivity index (χ3v) is 5.53. The van der Waals surface area contributed by atoms with Crippen molar-refractivity contribution in [1.29, 1.82) is 0 Å². The van der Waals surface area contributed by atoms with Gasteiger partial charge in [-0.3, -0.25) is 9.52 Å². The third kappa shape index (κ3) is 4.40. The first kappa shape index (κ1) is 18.4. The Bertz CT molecular complexity index is 879. The summed E-state index contributed by atoms with van der Waals surface area (Å²) in [7, 11) is -3.77. The van der Waals surface area contributed by atoms with E-state index in [-0.39, 0.29) is 10.8 Å². The van der Waals surface area contributed by atoms with E-state index in [1.807, 2.05) is 6.07 Å². The molecule has 138 valence electrons. The Morgan fingerprint density at radius 3 is 2.62 bits per heavy atom. The zero-order valence-electron chi connectivity index (χ0n) is 14.4. The summed E-state index contributed by atoms with van der Waals surface area (Å²) in [6, 6.07) is 13.0. The number of benzene rings is 2. The summed E-state index contributed by atoms with van der Waals surface area (Å²) >= 11 is 0. The molecule has 1 saturated heterocycles. The van der Waals surface area contributed by atoms with Crippen LogP contribution in [0.5, 0.6) is 0 Å². The molecule has 3 N–H and O–H groups in total. The molecule has 1 heterocycles. The van der Waals surface area contributed by atoms with Gasteiger partial charge in [-0.1, -0.05) is 24.3 Å². The van der Waals surface area contributed by atoms with Gasteiger partial charge in [0.25, 0.3) is 10.0 Å². The molecule has 26 heavy (non-hydrogen) atoms. The third-order valence-electron chi connectivity index (χ3n) is 4.01. The van der Waals surface area contributed by atoms with Crippen molar-refractivity contribution in [3.05, 3.63) is 54.1 Å². The van der Waals surface area contributed by atoms with Gasteiger partial charge in [0.2, 0.25) is 5.91 Å². The molecule has 1 amide bonds. The van der Waals surface area contributed by atoms with Crippen LogP contribution in [0, 0.1) is 6.92 Å². The number of ether oxygens (including phenoxy) is 1. The molecule has 8 heteroatoms. The van der Waals surface area contributed by atoms with Gasteiger partial charge in [0.1, 0.15) is 6.04 Å². The molecule has 0 spiro atoms. The van der Waals surface area contributed by atoms with E-state index in [0.29, 0.717) is 36.7 Å². The van der Waals surface area contributed by atoms with E-state index in [2.05, 4.69) is 15.4 Å². The molecular formula is C18H21N3O4S. The number of morpholine rings is 1. The zero-order valence-corrected chi connectivity index (χ0v) is 15.2. The number of carbonyl (C=O) groups excluding carboxylic acids is 1. The molecule has 1 atom stereocenters. The highest BCUT2D eigenvalue weighted by Crippen LogP contribution is 2.23. The lowest BCUT2D eigenvalue weighted by Crippen LogP contribution is -2.48. The maximum atomic E-state index is 12.7. The molecule has 1 aliphatic heterocycles. The van der Waals surface area contributed by atoms with Gasteiger partial charge in [-0.2, -0.15) is 0 Å². The molecule has 1 unspecified atom stereocenters. The van der Waals surface area contributed by atoms with Crippen LogP contribution in [0.4, 0.5) is 11.4 Å². The molecule has 1 fully saturated rings. The average Bonchev–Trinajstić information content (AvgIpc) is 2.64. The van der Waals surface area contributed by atoms with Gasteiger partial charge in [-0.25, -0.2) is 8.42 Å². The van der Waals surface area contributed by atoms with E-state index >= 15 is 0 Å². The normalized spacial score (nSPS) is 17.5. The molecule has 0 aromatic heterocycles. The number of hydrogen-bond acceptors (Lipinski definition) is 5. The number of sulfonamides is 1. The monoisotopic (exact) mass is 375 g/mol. The van der Waals surface area contributed by atoms with E-state index in [0.717, 1.165) is 0 Å². The van der Waals surface area contributed by atoms with Crippen LogP contribution in [-0.2, 0) is 19.6 Å². The molecule has 1 aliphatic rings. The van der Waals surface area contributed by atoms with Crippen molar-refractivity contribution in [3.8, 4) is 0 Å². The molecule has 7 nitrogen and oxygen atoms in total. The summed E-state index contributed by atoms with van der Waals surface area (Å²) in [5.74, 6) is -0.257. The molecule has 0 saturated carbocycles. The van der Waals surface area contributed by atoms with E-state index in [1.54, 1.807) is 43.3 Å². The van der Waals surface area contributed by atoms with Crippen molar-refractivity contribution >= 4 is 27.3 Å². The number of rotatable bonds is 5. The number of para-hydroxylation sites is 1. The minimum Gasteiger partial charge on any atom is -0.378 e. The van der Waals surface area contributed by atoms with Crippen LogP contribution in [0.15, 0.2) is 53.4 Å². The quantitative estimate of drug-likeness (QED) is 0.739. The summed E-state index contributed by atoms with van der Waals surface area (Å²) in [6.45, 7) is 3.18. The predicted molar refractivity (Wildman–Crippen MR) is 99.7 cm³/mol. The van der Waals surface area contributed by atoms with Gasteiger partial charge in [0.15, 0.2) is 0 Å². The second-order valence-corrected chi connectivity index (χ2v) is 7.67. The van der Waals surface area contributed by atoms with Crippen LogP contribution in [-0.4, -0.2) is 40.1 Å². The van der Waals surface area contributed by atoms with Gasteiger partial charge in [-0.05, 0) is 36.8 Å². The maximum Gasteiger partial charge on any atom is 0.262 e. The lowest BCUT2D eigenvalue weighted by molar-refractivity contribution is -0.120. The Morgan fingerprint density at radius 2 is 1.92 bits per heavy atom. The number of nitrogens with one attached hydrogen (secondary N) is 3. The number of amides is 1.